The van der Waals surface area contributed by atoms with Crippen LogP contribution in [0.5, 0.6) is 0 Å². The van der Waals surface area contributed by atoms with Crippen LogP contribution in [0.2, 0.25) is 10.0 Å². The van der Waals surface area contributed by atoms with Crippen molar-refractivity contribution in [3.8, 4) is 0 Å². The Labute approximate surface area is 112 Å². The van der Waals surface area contributed by atoms with Gasteiger partial charge in [0.05, 0.1) is 15.7 Å². The molecule has 0 spiro atoms. The topological polar surface area (TPSA) is 24.1 Å². The fourth-order valence-corrected chi connectivity index (χ4v) is 2.24. The summed E-state index contributed by atoms with van der Waals surface area (Å²) < 4.78 is 0. The van der Waals surface area contributed by atoms with E-state index in [1.54, 1.807) is 12.1 Å². The molecule has 17 heavy (non-hydrogen) atoms. The molecule has 0 unspecified atom stereocenters. The van der Waals surface area contributed by atoms with Crippen LogP contribution in [0.25, 0.3) is 0 Å². The monoisotopic (exact) mass is 270 g/mol. The molecule has 2 nitrogen and oxygen atoms in total. The van der Waals surface area contributed by atoms with Gasteiger partial charge in [-0.15, -0.1) is 0 Å². The molecule has 0 amide bonds. The van der Waals surface area contributed by atoms with E-state index in [1.165, 1.54) is 37.7 Å². The number of allylic oxidation sites excluding steroid dienone is 1. The number of hydrogen-bond acceptors (Lipinski definition) is 2. The fraction of sp³-hybridized carbons (Fsp3) is 0.385. The van der Waals surface area contributed by atoms with Crippen molar-refractivity contribution >= 4 is 28.9 Å². The number of anilines is 1. The maximum atomic E-state index is 5.93. The first-order chi connectivity index (χ1) is 8.25. The molecule has 92 valence electrons. The Balaban J connectivity index is 1.86. The molecule has 0 bridgehead atoms. The minimum atomic E-state index is 0.559. The van der Waals surface area contributed by atoms with Gasteiger partial charge in [0.2, 0.25) is 0 Å². The van der Waals surface area contributed by atoms with Gasteiger partial charge >= 0.3 is 0 Å². The molecule has 0 aromatic heterocycles. The molecular weight excluding hydrogens is 255 g/mol. The van der Waals surface area contributed by atoms with Crippen molar-refractivity contribution < 1.29 is 0 Å². The molecule has 1 fully saturated rings. The molecule has 0 aliphatic heterocycles. The number of hydrazine groups is 1. The lowest BCUT2D eigenvalue weighted by molar-refractivity contribution is 0.595. The highest BCUT2D eigenvalue weighted by Gasteiger charge is 2.04. The van der Waals surface area contributed by atoms with E-state index in [1.807, 2.05) is 6.07 Å². The second-order valence-corrected chi connectivity index (χ2v) is 5.08. The highest BCUT2D eigenvalue weighted by molar-refractivity contribution is 6.42. The zero-order valence-corrected chi connectivity index (χ0v) is 11.1. The van der Waals surface area contributed by atoms with Crippen molar-refractivity contribution in [2.45, 2.75) is 32.1 Å². The second-order valence-electron chi connectivity index (χ2n) is 4.26. The molecule has 2 rings (SSSR count). The summed E-state index contributed by atoms with van der Waals surface area (Å²) in [6.45, 7) is 0. The normalized spacial score (nSPS) is 15.5. The zero-order valence-electron chi connectivity index (χ0n) is 9.60. The summed E-state index contributed by atoms with van der Waals surface area (Å²) in [5, 5.41) is 1.13. The minimum absolute atomic E-state index is 0.559. The standard InChI is InChI=1S/C13H16Cl2N2/c14-12-7-6-11(8-13(12)15)17-16-9-10-4-2-1-3-5-10/h6-9,16-17H,1-5H2. The minimum Gasteiger partial charge on any atom is -0.308 e. The average molecular weight is 271 g/mol. The van der Waals surface area contributed by atoms with Gasteiger partial charge in [-0.3, -0.25) is 0 Å². The van der Waals surface area contributed by atoms with Crippen molar-refractivity contribution in [1.29, 1.82) is 0 Å². The molecule has 0 heterocycles. The SMILES string of the molecule is Clc1ccc(NNC=C2CCCCC2)cc1Cl. The largest absolute Gasteiger partial charge is 0.308 e. The summed E-state index contributed by atoms with van der Waals surface area (Å²) in [6.07, 6.45) is 8.44. The maximum Gasteiger partial charge on any atom is 0.0613 e. The van der Waals surface area contributed by atoms with E-state index < -0.39 is 0 Å². The van der Waals surface area contributed by atoms with Gasteiger partial charge in [0.25, 0.3) is 0 Å². The van der Waals surface area contributed by atoms with Crippen molar-refractivity contribution in [3.63, 3.8) is 0 Å². The van der Waals surface area contributed by atoms with Crippen LogP contribution in [0.15, 0.2) is 30.0 Å². The molecular formula is C13H16Cl2N2. The van der Waals surface area contributed by atoms with Gasteiger partial charge in [0, 0.05) is 6.20 Å². The Bertz CT molecular complexity index is 408. The Hall–Kier alpha value is -0.860. The van der Waals surface area contributed by atoms with E-state index in [0.717, 1.165) is 5.69 Å². The van der Waals surface area contributed by atoms with E-state index in [2.05, 4.69) is 17.1 Å². The first kappa shape index (κ1) is 12.6. The summed E-state index contributed by atoms with van der Waals surface area (Å²) in [5.41, 5.74) is 8.58. The molecule has 1 aromatic carbocycles. The van der Waals surface area contributed by atoms with E-state index in [9.17, 15) is 0 Å². The highest BCUT2D eigenvalue weighted by atomic mass is 35.5. The van der Waals surface area contributed by atoms with Gasteiger partial charge in [-0.05, 0) is 43.9 Å². The van der Waals surface area contributed by atoms with E-state index in [0.29, 0.717) is 10.0 Å². The zero-order chi connectivity index (χ0) is 12.1. The molecule has 1 saturated carbocycles. The summed E-state index contributed by atoms with van der Waals surface area (Å²) >= 11 is 11.8. The van der Waals surface area contributed by atoms with Gasteiger partial charge in [-0.25, -0.2) is 0 Å². The van der Waals surface area contributed by atoms with Crippen molar-refractivity contribution in [1.82, 2.24) is 5.43 Å². The van der Waals surface area contributed by atoms with Crippen LogP contribution in [0, 0.1) is 0 Å². The Kier molecular flexibility index (Phi) is 4.57. The third-order valence-electron chi connectivity index (χ3n) is 2.91. The first-order valence-electron chi connectivity index (χ1n) is 5.90. The molecule has 0 atom stereocenters. The number of nitrogens with one attached hydrogen (secondary N) is 2. The van der Waals surface area contributed by atoms with Gasteiger partial charge in [0.15, 0.2) is 0 Å². The molecule has 1 aliphatic carbocycles. The third kappa shape index (κ3) is 3.83. The summed E-state index contributed by atoms with van der Waals surface area (Å²) in [6, 6.07) is 5.47. The van der Waals surface area contributed by atoms with Crippen LogP contribution in [-0.4, -0.2) is 0 Å². The summed E-state index contributed by atoms with van der Waals surface area (Å²) in [5.74, 6) is 0. The van der Waals surface area contributed by atoms with Gasteiger partial charge in [-0.1, -0.05) is 35.2 Å². The number of hydrogen-bond donors (Lipinski definition) is 2. The van der Waals surface area contributed by atoms with Crippen molar-refractivity contribution in [2.75, 3.05) is 5.43 Å². The van der Waals surface area contributed by atoms with Gasteiger partial charge < -0.3 is 10.9 Å². The summed E-state index contributed by atoms with van der Waals surface area (Å²) in [4.78, 5) is 0. The third-order valence-corrected chi connectivity index (χ3v) is 3.65. The second kappa shape index (κ2) is 6.18. The van der Waals surface area contributed by atoms with Crippen LogP contribution < -0.4 is 10.9 Å². The van der Waals surface area contributed by atoms with Crippen LogP contribution in [0.4, 0.5) is 5.69 Å². The number of rotatable bonds is 3. The summed E-state index contributed by atoms with van der Waals surface area (Å²) in [7, 11) is 0. The predicted molar refractivity (Wildman–Crippen MR) is 74.4 cm³/mol. The Morgan fingerprint density at radius 3 is 2.47 bits per heavy atom. The first-order valence-corrected chi connectivity index (χ1v) is 6.66. The quantitative estimate of drug-likeness (QED) is 0.774. The van der Waals surface area contributed by atoms with Crippen LogP contribution in [0.3, 0.4) is 0 Å². The van der Waals surface area contributed by atoms with E-state index in [4.69, 9.17) is 23.2 Å². The van der Waals surface area contributed by atoms with Crippen LogP contribution in [-0.2, 0) is 0 Å². The maximum absolute atomic E-state index is 5.93. The van der Waals surface area contributed by atoms with Gasteiger partial charge in [0.1, 0.15) is 0 Å². The lowest BCUT2D eigenvalue weighted by Crippen LogP contribution is -2.15. The fourth-order valence-electron chi connectivity index (χ4n) is 1.95. The highest BCUT2D eigenvalue weighted by Crippen LogP contribution is 2.25. The van der Waals surface area contributed by atoms with E-state index >= 15 is 0 Å². The lowest BCUT2D eigenvalue weighted by Gasteiger charge is -2.14. The average Bonchev–Trinajstić information content (AvgIpc) is 2.35. The van der Waals surface area contributed by atoms with Crippen molar-refractivity contribution in [3.05, 3.63) is 40.0 Å². The van der Waals surface area contributed by atoms with Crippen LogP contribution in [0.1, 0.15) is 32.1 Å². The molecule has 0 radical (unpaired) electrons. The molecule has 1 aromatic rings. The van der Waals surface area contributed by atoms with E-state index in [-0.39, 0.29) is 0 Å². The smallest absolute Gasteiger partial charge is 0.0613 e. The Morgan fingerprint density at radius 1 is 1.00 bits per heavy atom. The molecule has 0 saturated heterocycles. The predicted octanol–water partition coefficient (Wildman–Crippen LogP) is 4.76. The number of halogens is 2. The molecule has 4 heteroatoms. The molecule has 2 N–H and O–H groups in total. The van der Waals surface area contributed by atoms with Crippen molar-refractivity contribution in [2.24, 2.45) is 0 Å². The van der Waals surface area contributed by atoms with Crippen LogP contribution >= 0.6 is 23.2 Å². The molecule has 1 aliphatic rings. The Morgan fingerprint density at radius 2 is 1.76 bits per heavy atom. The number of benzene rings is 1. The lowest BCUT2D eigenvalue weighted by atomic mass is 9.96. The van der Waals surface area contributed by atoms with Gasteiger partial charge in [-0.2, -0.15) is 0 Å².